The summed E-state index contributed by atoms with van der Waals surface area (Å²) in [5.74, 6) is 0.939. The first-order valence-electron chi connectivity index (χ1n) is 4.88. The van der Waals surface area contributed by atoms with Crippen LogP contribution < -0.4 is 4.74 Å². The zero-order valence-corrected chi connectivity index (χ0v) is 8.82. The molecule has 0 aliphatic heterocycles. The molecule has 0 unspecified atom stereocenters. The second-order valence-electron chi connectivity index (χ2n) is 3.81. The first-order valence-corrected chi connectivity index (χ1v) is 4.88. The van der Waals surface area contributed by atoms with Crippen LogP contribution in [0.25, 0.3) is 10.9 Å². The fraction of sp³-hybridized carbons (Fsp3) is 0.333. The standard InChI is InChI=1S/C12H15NO/c1-9(2)14-11-5-4-10-6-7-13(3)12(10)8-11/h4-9H,1-3H3. The van der Waals surface area contributed by atoms with Crippen molar-refractivity contribution in [1.29, 1.82) is 0 Å². The summed E-state index contributed by atoms with van der Waals surface area (Å²) in [7, 11) is 2.04. The molecule has 14 heavy (non-hydrogen) atoms. The molecule has 0 aliphatic carbocycles. The van der Waals surface area contributed by atoms with Gasteiger partial charge in [0.25, 0.3) is 0 Å². The quantitative estimate of drug-likeness (QED) is 0.708. The number of hydrogen-bond donors (Lipinski definition) is 0. The van der Waals surface area contributed by atoms with Gasteiger partial charge < -0.3 is 9.30 Å². The van der Waals surface area contributed by atoms with Gasteiger partial charge in [-0.2, -0.15) is 0 Å². The van der Waals surface area contributed by atoms with E-state index in [2.05, 4.69) is 29.0 Å². The smallest absolute Gasteiger partial charge is 0.121 e. The van der Waals surface area contributed by atoms with Gasteiger partial charge in [-0.25, -0.2) is 0 Å². The highest BCUT2D eigenvalue weighted by Crippen LogP contribution is 2.21. The third kappa shape index (κ3) is 1.60. The minimum absolute atomic E-state index is 0.229. The Kier molecular flexibility index (Phi) is 2.20. The molecule has 2 aromatic rings. The first kappa shape index (κ1) is 9.13. The summed E-state index contributed by atoms with van der Waals surface area (Å²) >= 11 is 0. The van der Waals surface area contributed by atoms with Crippen LogP contribution in [0.5, 0.6) is 5.75 Å². The fourth-order valence-electron chi connectivity index (χ4n) is 1.59. The van der Waals surface area contributed by atoms with E-state index in [4.69, 9.17) is 4.74 Å². The highest BCUT2D eigenvalue weighted by molar-refractivity contribution is 5.81. The van der Waals surface area contributed by atoms with Crippen molar-refractivity contribution in [3.05, 3.63) is 30.5 Å². The summed E-state index contributed by atoms with van der Waals surface area (Å²) in [4.78, 5) is 0. The van der Waals surface area contributed by atoms with Gasteiger partial charge in [-0.05, 0) is 37.4 Å². The Balaban J connectivity index is 2.44. The van der Waals surface area contributed by atoms with Gasteiger partial charge in [0, 0.05) is 19.3 Å². The van der Waals surface area contributed by atoms with Crippen LogP contribution in [0.3, 0.4) is 0 Å². The van der Waals surface area contributed by atoms with E-state index in [1.165, 1.54) is 10.9 Å². The van der Waals surface area contributed by atoms with Crippen LogP contribution >= 0.6 is 0 Å². The van der Waals surface area contributed by atoms with Crippen LogP contribution in [-0.2, 0) is 7.05 Å². The van der Waals surface area contributed by atoms with Gasteiger partial charge in [-0.1, -0.05) is 0 Å². The Bertz CT molecular complexity index is 443. The second kappa shape index (κ2) is 3.37. The van der Waals surface area contributed by atoms with E-state index < -0.39 is 0 Å². The number of hydrogen-bond acceptors (Lipinski definition) is 1. The van der Waals surface area contributed by atoms with Crippen LogP contribution in [0.2, 0.25) is 0 Å². The lowest BCUT2D eigenvalue weighted by Gasteiger charge is -2.09. The molecule has 1 aromatic heterocycles. The van der Waals surface area contributed by atoms with E-state index in [1.807, 2.05) is 27.0 Å². The largest absolute Gasteiger partial charge is 0.491 e. The van der Waals surface area contributed by atoms with E-state index in [9.17, 15) is 0 Å². The predicted molar refractivity (Wildman–Crippen MR) is 58.7 cm³/mol. The van der Waals surface area contributed by atoms with E-state index in [0.29, 0.717) is 0 Å². The number of nitrogens with zero attached hydrogens (tertiary/aromatic N) is 1. The molecule has 0 spiro atoms. The van der Waals surface area contributed by atoms with Crippen LogP contribution in [0.15, 0.2) is 30.5 Å². The molecule has 0 atom stereocenters. The third-order valence-corrected chi connectivity index (χ3v) is 2.23. The van der Waals surface area contributed by atoms with Crippen LogP contribution in [0, 0.1) is 0 Å². The molecule has 2 rings (SSSR count). The number of ether oxygens (including phenoxy) is 1. The van der Waals surface area contributed by atoms with Crippen LogP contribution in [0.4, 0.5) is 0 Å². The highest BCUT2D eigenvalue weighted by Gasteiger charge is 2.01. The van der Waals surface area contributed by atoms with E-state index in [-0.39, 0.29) is 6.10 Å². The molecule has 0 bridgehead atoms. The van der Waals surface area contributed by atoms with Crippen molar-refractivity contribution in [3.8, 4) is 5.75 Å². The molecule has 74 valence electrons. The van der Waals surface area contributed by atoms with Gasteiger partial charge in [0.2, 0.25) is 0 Å². The molecule has 0 aliphatic rings. The molecule has 0 saturated heterocycles. The Morgan fingerprint density at radius 1 is 1.21 bits per heavy atom. The van der Waals surface area contributed by atoms with Crippen molar-refractivity contribution in [2.24, 2.45) is 7.05 Å². The molecule has 0 N–H and O–H groups in total. The minimum atomic E-state index is 0.229. The van der Waals surface area contributed by atoms with Crippen molar-refractivity contribution in [3.63, 3.8) is 0 Å². The molecule has 0 saturated carbocycles. The van der Waals surface area contributed by atoms with Crippen molar-refractivity contribution in [2.75, 3.05) is 0 Å². The summed E-state index contributed by atoms with van der Waals surface area (Å²) in [6, 6.07) is 8.29. The molecule has 0 amide bonds. The minimum Gasteiger partial charge on any atom is -0.491 e. The van der Waals surface area contributed by atoms with Crippen molar-refractivity contribution < 1.29 is 4.74 Å². The number of aromatic nitrogens is 1. The highest BCUT2D eigenvalue weighted by atomic mass is 16.5. The van der Waals surface area contributed by atoms with Gasteiger partial charge in [0.05, 0.1) is 11.6 Å². The molecule has 1 heterocycles. The van der Waals surface area contributed by atoms with E-state index in [1.54, 1.807) is 0 Å². The molecule has 0 fully saturated rings. The van der Waals surface area contributed by atoms with Crippen molar-refractivity contribution in [1.82, 2.24) is 4.57 Å². The Labute approximate surface area is 84.1 Å². The fourth-order valence-corrected chi connectivity index (χ4v) is 1.59. The van der Waals surface area contributed by atoms with Gasteiger partial charge in [0.15, 0.2) is 0 Å². The Morgan fingerprint density at radius 3 is 2.71 bits per heavy atom. The van der Waals surface area contributed by atoms with Gasteiger partial charge in [-0.15, -0.1) is 0 Å². The van der Waals surface area contributed by atoms with Crippen molar-refractivity contribution >= 4 is 10.9 Å². The van der Waals surface area contributed by atoms with Gasteiger partial charge in [-0.3, -0.25) is 0 Å². The molecule has 0 radical (unpaired) electrons. The number of fused-ring (bicyclic) bond motifs is 1. The number of benzene rings is 1. The lowest BCUT2D eigenvalue weighted by Crippen LogP contribution is -2.05. The van der Waals surface area contributed by atoms with Crippen molar-refractivity contribution in [2.45, 2.75) is 20.0 Å². The normalized spacial score (nSPS) is 11.1. The molecule has 2 heteroatoms. The monoisotopic (exact) mass is 189 g/mol. The number of aryl methyl sites for hydroxylation is 1. The second-order valence-corrected chi connectivity index (χ2v) is 3.81. The molecule has 2 nitrogen and oxygen atoms in total. The van der Waals surface area contributed by atoms with Gasteiger partial charge >= 0.3 is 0 Å². The van der Waals surface area contributed by atoms with Gasteiger partial charge in [0.1, 0.15) is 5.75 Å². The maximum absolute atomic E-state index is 5.63. The lowest BCUT2D eigenvalue weighted by molar-refractivity contribution is 0.242. The van der Waals surface area contributed by atoms with E-state index >= 15 is 0 Å². The third-order valence-electron chi connectivity index (χ3n) is 2.23. The topological polar surface area (TPSA) is 14.2 Å². The average Bonchev–Trinajstić information content (AvgIpc) is 2.47. The van der Waals surface area contributed by atoms with Crippen LogP contribution in [-0.4, -0.2) is 10.7 Å². The summed E-state index contributed by atoms with van der Waals surface area (Å²) in [6.07, 6.45) is 2.29. The molecular formula is C12H15NO. The average molecular weight is 189 g/mol. The summed E-state index contributed by atoms with van der Waals surface area (Å²) in [5.41, 5.74) is 1.21. The van der Waals surface area contributed by atoms with E-state index in [0.717, 1.165) is 5.75 Å². The zero-order valence-electron chi connectivity index (χ0n) is 8.82. The molecular weight excluding hydrogens is 174 g/mol. The molecule has 1 aromatic carbocycles. The SMILES string of the molecule is CC(C)Oc1ccc2ccn(C)c2c1. The summed E-state index contributed by atoms with van der Waals surface area (Å²) in [6.45, 7) is 4.07. The lowest BCUT2D eigenvalue weighted by atomic mass is 10.2. The Morgan fingerprint density at radius 2 is 2.00 bits per heavy atom. The zero-order chi connectivity index (χ0) is 10.1. The summed E-state index contributed by atoms with van der Waals surface area (Å²) in [5, 5.41) is 1.25. The Hall–Kier alpha value is -1.44. The van der Waals surface area contributed by atoms with Crippen LogP contribution in [0.1, 0.15) is 13.8 Å². The maximum Gasteiger partial charge on any atom is 0.121 e. The number of rotatable bonds is 2. The summed E-state index contributed by atoms with van der Waals surface area (Å²) < 4.78 is 7.73. The first-order chi connectivity index (χ1) is 6.66. The maximum atomic E-state index is 5.63. The predicted octanol–water partition coefficient (Wildman–Crippen LogP) is 2.97.